The summed E-state index contributed by atoms with van der Waals surface area (Å²) < 4.78 is 15.5. The Kier molecular flexibility index (Phi) is 6.00. The van der Waals surface area contributed by atoms with Crippen molar-refractivity contribution in [3.8, 4) is 11.8 Å². The predicted octanol–water partition coefficient (Wildman–Crippen LogP) is 6.11. The van der Waals surface area contributed by atoms with Crippen molar-refractivity contribution >= 4 is 17.3 Å². The molecule has 5 rings (SSSR count). The van der Waals surface area contributed by atoms with E-state index in [9.17, 15) is 9.59 Å². The van der Waals surface area contributed by atoms with Gasteiger partial charge in [0.1, 0.15) is 12.0 Å². The predicted molar refractivity (Wildman–Crippen MR) is 133 cm³/mol. The lowest BCUT2D eigenvalue weighted by Crippen LogP contribution is -2.46. The van der Waals surface area contributed by atoms with E-state index in [0.717, 1.165) is 30.5 Å². The fourth-order valence-corrected chi connectivity index (χ4v) is 7.67. The second-order valence-electron chi connectivity index (χ2n) is 10.9. The number of anilines is 1. The minimum Gasteiger partial charge on any atom is -0.399 e. The summed E-state index contributed by atoms with van der Waals surface area (Å²) in [6.45, 7) is 4.09. The van der Waals surface area contributed by atoms with Crippen molar-refractivity contribution in [3.05, 3.63) is 52.6 Å². The molecule has 0 bridgehead atoms. The zero-order valence-corrected chi connectivity index (χ0v) is 20.2. The summed E-state index contributed by atoms with van der Waals surface area (Å²) in [5.74, 6) is 6.82. The topological polar surface area (TPSA) is 60.2 Å². The molecule has 3 nitrogen and oxygen atoms in total. The van der Waals surface area contributed by atoms with Crippen molar-refractivity contribution in [2.24, 2.45) is 23.2 Å². The van der Waals surface area contributed by atoms with Crippen LogP contribution in [0.5, 0.6) is 0 Å². The molecule has 0 amide bonds. The lowest BCUT2D eigenvalue weighted by Gasteiger charge is -2.53. The molecular weight excluding hydrogens is 425 g/mol. The lowest BCUT2D eigenvalue weighted by atomic mass is 9.51. The van der Waals surface area contributed by atoms with Gasteiger partial charge in [-0.05, 0) is 91.2 Å². The number of carbonyl (C=O) groups excluding carboxylic acids is 2. The van der Waals surface area contributed by atoms with Gasteiger partial charge in [0.05, 0.1) is 0 Å². The molecular formula is C30H34FNO2. The molecule has 0 aromatic heterocycles. The third-order valence-corrected chi connectivity index (χ3v) is 9.15. The van der Waals surface area contributed by atoms with E-state index in [0.29, 0.717) is 49.4 Å². The van der Waals surface area contributed by atoms with Crippen LogP contribution >= 0.6 is 0 Å². The molecule has 34 heavy (non-hydrogen) atoms. The summed E-state index contributed by atoms with van der Waals surface area (Å²) >= 11 is 0. The maximum absolute atomic E-state index is 15.5. The number of halogens is 1. The van der Waals surface area contributed by atoms with E-state index in [1.54, 1.807) is 6.08 Å². The van der Waals surface area contributed by atoms with E-state index in [-0.39, 0.29) is 29.0 Å². The first-order valence-electron chi connectivity index (χ1n) is 12.7. The average Bonchev–Trinajstić information content (AvgIpc) is 3.16. The Morgan fingerprint density at radius 1 is 1.21 bits per heavy atom. The number of allylic oxidation sites excluding steroid dienone is 4. The maximum Gasteiger partial charge on any atom is 0.156 e. The van der Waals surface area contributed by atoms with Gasteiger partial charge < -0.3 is 5.73 Å². The highest BCUT2D eigenvalue weighted by Crippen LogP contribution is 2.66. The number of nitrogen functional groups attached to an aromatic ring is 1. The lowest BCUT2D eigenvalue weighted by molar-refractivity contribution is -0.127. The second-order valence-corrected chi connectivity index (χ2v) is 10.9. The molecule has 4 aliphatic rings. The number of hydrogen-bond acceptors (Lipinski definition) is 3. The number of fused-ring (bicyclic) bond motifs is 4. The first kappa shape index (κ1) is 23.1. The van der Waals surface area contributed by atoms with Crippen LogP contribution in [0.4, 0.5) is 10.1 Å². The van der Waals surface area contributed by atoms with Crippen LogP contribution in [-0.2, 0) is 9.59 Å². The Labute approximate surface area is 202 Å². The van der Waals surface area contributed by atoms with Crippen LogP contribution < -0.4 is 5.73 Å². The Balaban J connectivity index is 1.60. The molecule has 0 aliphatic heterocycles. The van der Waals surface area contributed by atoms with Crippen molar-refractivity contribution in [2.75, 3.05) is 5.73 Å². The van der Waals surface area contributed by atoms with Crippen LogP contribution in [0.1, 0.15) is 76.7 Å². The number of hydrogen-bond donors (Lipinski definition) is 1. The van der Waals surface area contributed by atoms with E-state index >= 15 is 4.39 Å². The first-order valence-corrected chi connectivity index (χ1v) is 12.7. The van der Waals surface area contributed by atoms with Crippen LogP contribution in [-0.4, -0.2) is 17.7 Å². The van der Waals surface area contributed by atoms with Crippen LogP contribution in [0, 0.1) is 35.0 Å². The standard InChI is InChI=1S/C30H34FNO2/c1-3-4-5-6-28(34)26-14-13-25-23-16-27(31)22-15-20(33)11-12-21(22)29(23)24(17-30(25,26)2)18-7-9-19(32)10-8-18/h7-10,15,23-27H,5-6,11-14,16-17,32H2,1-2H3/t23-,24+,25-,26+,27?,30-/m0/s1. The third-order valence-electron chi connectivity index (χ3n) is 9.15. The molecule has 1 unspecified atom stereocenters. The van der Waals surface area contributed by atoms with Crippen molar-refractivity contribution < 1.29 is 14.0 Å². The van der Waals surface area contributed by atoms with Gasteiger partial charge in [0.25, 0.3) is 0 Å². The number of alkyl halides is 1. The van der Waals surface area contributed by atoms with Gasteiger partial charge in [-0.25, -0.2) is 4.39 Å². The van der Waals surface area contributed by atoms with Crippen molar-refractivity contribution in [1.29, 1.82) is 0 Å². The number of ketones is 2. The van der Waals surface area contributed by atoms with E-state index in [1.807, 2.05) is 19.1 Å². The monoisotopic (exact) mass is 459 g/mol. The van der Waals surface area contributed by atoms with Crippen LogP contribution in [0.25, 0.3) is 0 Å². The van der Waals surface area contributed by atoms with Crippen molar-refractivity contribution in [1.82, 2.24) is 0 Å². The highest BCUT2D eigenvalue weighted by Gasteiger charge is 2.58. The largest absolute Gasteiger partial charge is 0.399 e. The summed E-state index contributed by atoms with van der Waals surface area (Å²) in [6.07, 6.45) is 5.81. The molecule has 178 valence electrons. The Morgan fingerprint density at radius 2 is 1.97 bits per heavy atom. The van der Waals surface area contributed by atoms with Crippen molar-refractivity contribution in [3.63, 3.8) is 0 Å². The molecule has 2 N–H and O–H groups in total. The average molecular weight is 460 g/mol. The molecule has 6 atom stereocenters. The van der Waals surface area contributed by atoms with Gasteiger partial charge in [-0.3, -0.25) is 9.59 Å². The van der Waals surface area contributed by atoms with Gasteiger partial charge in [-0.15, -0.1) is 11.8 Å². The molecule has 0 heterocycles. The zero-order chi connectivity index (χ0) is 24.0. The zero-order valence-electron chi connectivity index (χ0n) is 20.2. The van der Waals surface area contributed by atoms with Crippen molar-refractivity contribution in [2.45, 2.75) is 77.3 Å². The quantitative estimate of drug-likeness (QED) is 0.437. The first-order chi connectivity index (χ1) is 16.3. The van der Waals surface area contributed by atoms with Gasteiger partial charge in [0.2, 0.25) is 0 Å². The maximum atomic E-state index is 15.5. The Hall–Kier alpha value is -2.67. The molecule has 2 saturated carbocycles. The molecule has 0 spiro atoms. The molecule has 1 aromatic carbocycles. The number of nitrogens with two attached hydrogens (primary N) is 1. The summed E-state index contributed by atoms with van der Waals surface area (Å²) in [7, 11) is 0. The van der Waals surface area contributed by atoms with E-state index in [1.165, 1.54) is 11.1 Å². The molecule has 2 fully saturated rings. The van der Waals surface area contributed by atoms with Crippen LogP contribution in [0.2, 0.25) is 0 Å². The summed E-state index contributed by atoms with van der Waals surface area (Å²) in [4.78, 5) is 25.5. The van der Waals surface area contributed by atoms with E-state index in [2.05, 4.69) is 30.9 Å². The third kappa shape index (κ3) is 3.74. The fourth-order valence-electron chi connectivity index (χ4n) is 7.67. The molecule has 4 aliphatic carbocycles. The number of carbonyl (C=O) groups is 2. The molecule has 4 heteroatoms. The Bertz CT molecular complexity index is 1130. The SMILES string of the molecule is CC#CCCC(=O)[C@H]1CC[C@H]2[C@@H]3CC(F)C4=CC(=O)CCC4=C3[C@@H](c3ccc(N)cc3)C[C@]12C. The smallest absolute Gasteiger partial charge is 0.156 e. The summed E-state index contributed by atoms with van der Waals surface area (Å²) in [5.41, 5.74) is 10.8. The number of rotatable bonds is 4. The normalized spacial score (nSPS) is 34.4. The minimum atomic E-state index is -1.10. The highest BCUT2D eigenvalue weighted by atomic mass is 19.1. The van der Waals surface area contributed by atoms with Gasteiger partial charge in [-0.1, -0.05) is 24.6 Å². The molecule has 1 aromatic rings. The van der Waals surface area contributed by atoms with Gasteiger partial charge in [0, 0.05) is 36.8 Å². The van der Waals surface area contributed by atoms with Gasteiger partial charge in [-0.2, -0.15) is 0 Å². The summed E-state index contributed by atoms with van der Waals surface area (Å²) in [6, 6.07) is 8.06. The van der Waals surface area contributed by atoms with Gasteiger partial charge >= 0.3 is 0 Å². The van der Waals surface area contributed by atoms with E-state index < -0.39 is 6.17 Å². The second kappa shape index (κ2) is 8.84. The van der Waals surface area contributed by atoms with Crippen LogP contribution in [0.15, 0.2) is 47.1 Å². The highest BCUT2D eigenvalue weighted by molar-refractivity contribution is 5.93. The fraction of sp³-hybridized carbons (Fsp3) is 0.533. The molecule has 0 saturated heterocycles. The number of Topliss-reactive ketones (excluding diaryl/α,β-unsaturated/α-hetero) is 1. The van der Waals surface area contributed by atoms with Gasteiger partial charge in [0.15, 0.2) is 5.78 Å². The number of benzene rings is 1. The Morgan fingerprint density at radius 3 is 2.71 bits per heavy atom. The van der Waals surface area contributed by atoms with Crippen LogP contribution in [0.3, 0.4) is 0 Å². The molecule has 0 radical (unpaired) electrons. The minimum absolute atomic E-state index is 0.00178. The van der Waals surface area contributed by atoms with E-state index in [4.69, 9.17) is 5.73 Å². The summed E-state index contributed by atoms with van der Waals surface area (Å²) in [5, 5.41) is 0.